The number of carbonyl (C=O) groups excluding carboxylic acids is 2. The van der Waals surface area contributed by atoms with E-state index in [0.29, 0.717) is 12.1 Å². The lowest BCUT2D eigenvalue weighted by atomic mass is 10.4. The van der Waals surface area contributed by atoms with Crippen LogP contribution in [0.4, 0.5) is 0 Å². The Kier molecular flexibility index (Phi) is 7.87. The molecule has 0 saturated carbocycles. The first-order valence-electron chi connectivity index (χ1n) is 6.35. The van der Waals surface area contributed by atoms with Gasteiger partial charge in [-0.1, -0.05) is 26.7 Å². The van der Waals surface area contributed by atoms with E-state index in [0.717, 1.165) is 25.7 Å². The molecule has 5 heteroatoms. The average molecular weight is 260 g/mol. The Balaban J connectivity index is 4.75. The number of carbonyl (C=O) groups is 2. The van der Waals surface area contributed by atoms with Crippen molar-refractivity contribution in [3.8, 4) is 0 Å². The van der Waals surface area contributed by atoms with Crippen LogP contribution in [0.2, 0.25) is 12.1 Å². The van der Waals surface area contributed by atoms with Gasteiger partial charge in [-0.15, -0.1) is 0 Å². The van der Waals surface area contributed by atoms with Crippen molar-refractivity contribution < 1.29 is 18.4 Å². The first-order valence-corrected chi connectivity index (χ1v) is 8.58. The van der Waals surface area contributed by atoms with Crippen molar-refractivity contribution in [2.75, 3.05) is 0 Å². The zero-order valence-electron chi connectivity index (χ0n) is 11.4. The van der Waals surface area contributed by atoms with Gasteiger partial charge < -0.3 is 8.85 Å². The van der Waals surface area contributed by atoms with Crippen LogP contribution < -0.4 is 0 Å². The van der Waals surface area contributed by atoms with Crippen molar-refractivity contribution >= 4 is 20.5 Å². The molecule has 0 bridgehead atoms. The maximum absolute atomic E-state index is 11.2. The lowest BCUT2D eigenvalue weighted by Gasteiger charge is -2.28. The maximum atomic E-state index is 11.2. The van der Waals surface area contributed by atoms with Crippen molar-refractivity contribution in [2.24, 2.45) is 0 Å². The van der Waals surface area contributed by atoms with Gasteiger partial charge in [0.25, 0.3) is 11.9 Å². The molecular formula is C12H24O4Si. The molecule has 0 amide bonds. The van der Waals surface area contributed by atoms with Gasteiger partial charge in [0.2, 0.25) is 0 Å². The normalized spacial score (nSPS) is 11.1. The highest BCUT2D eigenvalue weighted by molar-refractivity contribution is 6.70. The topological polar surface area (TPSA) is 52.6 Å². The SMILES string of the molecule is CCCC[Si](CCCC)(OC(C)=O)OC(C)=O. The fourth-order valence-corrected chi connectivity index (χ4v) is 5.30. The maximum Gasteiger partial charge on any atom is 0.464 e. The highest BCUT2D eigenvalue weighted by Gasteiger charge is 2.42. The van der Waals surface area contributed by atoms with E-state index in [1.165, 1.54) is 13.8 Å². The Bertz CT molecular complexity index is 227. The molecule has 0 spiro atoms. The summed E-state index contributed by atoms with van der Waals surface area (Å²) in [7, 11) is -2.66. The van der Waals surface area contributed by atoms with Crippen LogP contribution in [0.5, 0.6) is 0 Å². The quantitative estimate of drug-likeness (QED) is 0.629. The van der Waals surface area contributed by atoms with Crippen LogP contribution in [0.15, 0.2) is 0 Å². The number of hydrogen-bond donors (Lipinski definition) is 0. The van der Waals surface area contributed by atoms with Gasteiger partial charge in [0, 0.05) is 25.9 Å². The summed E-state index contributed by atoms with van der Waals surface area (Å²) in [6.45, 7) is 6.90. The van der Waals surface area contributed by atoms with Gasteiger partial charge in [0.1, 0.15) is 0 Å². The van der Waals surface area contributed by atoms with E-state index in [4.69, 9.17) is 8.85 Å². The predicted octanol–water partition coefficient (Wildman–Crippen LogP) is 3.16. The second kappa shape index (κ2) is 8.28. The van der Waals surface area contributed by atoms with E-state index >= 15 is 0 Å². The van der Waals surface area contributed by atoms with Gasteiger partial charge in [-0.05, 0) is 12.8 Å². The lowest BCUT2D eigenvalue weighted by molar-refractivity contribution is -0.139. The molecule has 0 unspecified atom stereocenters. The third-order valence-corrected chi connectivity index (χ3v) is 6.03. The second-order valence-electron chi connectivity index (χ2n) is 4.31. The number of hydrogen-bond acceptors (Lipinski definition) is 4. The number of rotatable bonds is 8. The van der Waals surface area contributed by atoms with Crippen LogP contribution in [0.1, 0.15) is 53.4 Å². The fraction of sp³-hybridized carbons (Fsp3) is 0.833. The van der Waals surface area contributed by atoms with Crippen molar-refractivity contribution in [1.29, 1.82) is 0 Å². The summed E-state index contributed by atoms with van der Waals surface area (Å²) < 4.78 is 10.8. The van der Waals surface area contributed by atoms with E-state index in [2.05, 4.69) is 13.8 Å². The van der Waals surface area contributed by atoms with Gasteiger partial charge in [-0.2, -0.15) is 0 Å². The first-order chi connectivity index (χ1) is 7.95. The van der Waals surface area contributed by atoms with Crippen LogP contribution in [-0.2, 0) is 18.4 Å². The summed E-state index contributed by atoms with van der Waals surface area (Å²) in [6, 6.07) is 1.42. The molecule has 4 nitrogen and oxygen atoms in total. The molecule has 0 aromatic carbocycles. The highest BCUT2D eigenvalue weighted by atomic mass is 28.4. The summed E-state index contributed by atoms with van der Waals surface area (Å²) in [5.41, 5.74) is 0. The van der Waals surface area contributed by atoms with E-state index in [-0.39, 0.29) is 11.9 Å². The summed E-state index contributed by atoms with van der Waals surface area (Å²) in [4.78, 5) is 22.4. The molecule has 0 fully saturated rings. The predicted molar refractivity (Wildman–Crippen MR) is 68.7 cm³/mol. The van der Waals surface area contributed by atoms with E-state index in [9.17, 15) is 9.59 Å². The Morgan fingerprint density at radius 2 is 1.24 bits per heavy atom. The van der Waals surface area contributed by atoms with Crippen LogP contribution in [-0.4, -0.2) is 20.5 Å². The molecular weight excluding hydrogens is 236 g/mol. The highest BCUT2D eigenvalue weighted by Crippen LogP contribution is 2.25. The van der Waals surface area contributed by atoms with Crippen LogP contribution in [0.25, 0.3) is 0 Å². The molecule has 0 rings (SSSR count). The first kappa shape index (κ1) is 16.2. The number of unbranched alkanes of at least 4 members (excludes halogenated alkanes) is 2. The van der Waals surface area contributed by atoms with Crippen LogP contribution in [0.3, 0.4) is 0 Å². The van der Waals surface area contributed by atoms with Crippen LogP contribution >= 0.6 is 0 Å². The van der Waals surface area contributed by atoms with Gasteiger partial charge >= 0.3 is 8.56 Å². The Hall–Kier alpha value is -0.843. The molecule has 0 N–H and O–H groups in total. The Morgan fingerprint density at radius 1 is 0.882 bits per heavy atom. The third-order valence-electron chi connectivity index (χ3n) is 2.48. The molecule has 0 aromatic heterocycles. The summed E-state index contributed by atoms with van der Waals surface area (Å²) in [6.07, 6.45) is 3.86. The average Bonchev–Trinajstić information content (AvgIpc) is 2.22. The molecule has 0 radical (unpaired) electrons. The summed E-state index contributed by atoms with van der Waals surface area (Å²) in [5.74, 6) is -0.685. The van der Waals surface area contributed by atoms with Crippen molar-refractivity contribution in [3.63, 3.8) is 0 Å². The Morgan fingerprint density at radius 3 is 1.47 bits per heavy atom. The molecule has 0 aliphatic rings. The van der Waals surface area contributed by atoms with E-state index in [1.54, 1.807) is 0 Å². The van der Waals surface area contributed by atoms with Gasteiger partial charge in [-0.3, -0.25) is 9.59 Å². The summed E-state index contributed by atoms with van der Waals surface area (Å²) >= 11 is 0. The molecule has 0 aliphatic heterocycles. The standard InChI is InChI=1S/C12H24O4Si/c1-5-7-9-17(10-8-6-2,15-11(3)13)16-12(4)14/h5-10H2,1-4H3. The molecule has 0 atom stereocenters. The Labute approximate surface area is 105 Å². The minimum atomic E-state index is -2.66. The molecule has 100 valence electrons. The smallest absolute Gasteiger partial charge is 0.464 e. The van der Waals surface area contributed by atoms with Crippen molar-refractivity contribution in [3.05, 3.63) is 0 Å². The van der Waals surface area contributed by atoms with Crippen molar-refractivity contribution in [1.82, 2.24) is 0 Å². The van der Waals surface area contributed by atoms with Gasteiger partial charge in [-0.25, -0.2) is 0 Å². The van der Waals surface area contributed by atoms with Crippen molar-refractivity contribution in [2.45, 2.75) is 65.5 Å². The van der Waals surface area contributed by atoms with E-state index in [1.807, 2.05) is 0 Å². The largest absolute Gasteiger partial charge is 0.485 e. The monoisotopic (exact) mass is 260 g/mol. The van der Waals surface area contributed by atoms with Gasteiger partial charge in [0.05, 0.1) is 0 Å². The molecule has 17 heavy (non-hydrogen) atoms. The molecule has 0 aliphatic carbocycles. The molecule has 0 saturated heterocycles. The molecule has 0 aromatic rings. The molecule has 0 heterocycles. The second-order valence-corrected chi connectivity index (χ2v) is 7.53. The minimum Gasteiger partial charge on any atom is -0.485 e. The third kappa shape index (κ3) is 7.15. The fourth-order valence-electron chi connectivity index (χ4n) is 1.77. The lowest BCUT2D eigenvalue weighted by Crippen LogP contribution is -2.44. The van der Waals surface area contributed by atoms with Gasteiger partial charge in [0.15, 0.2) is 0 Å². The zero-order valence-corrected chi connectivity index (χ0v) is 12.4. The summed E-state index contributed by atoms with van der Waals surface area (Å²) in [5, 5.41) is 0. The minimum absolute atomic E-state index is 0.342. The zero-order chi connectivity index (χ0) is 13.3. The van der Waals surface area contributed by atoms with Crippen LogP contribution in [0, 0.1) is 0 Å². The van der Waals surface area contributed by atoms with E-state index < -0.39 is 8.56 Å².